The van der Waals surface area contributed by atoms with Crippen molar-refractivity contribution in [2.45, 2.75) is 12.5 Å². The number of carbonyl (C=O) groups is 1. The van der Waals surface area contributed by atoms with Gasteiger partial charge < -0.3 is 4.90 Å². The molecule has 1 aliphatic rings. The molecule has 1 amide bonds. The van der Waals surface area contributed by atoms with Gasteiger partial charge in [-0.25, -0.2) is 4.68 Å². The maximum atomic E-state index is 12.6. The summed E-state index contributed by atoms with van der Waals surface area (Å²) in [6.45, 7) is 1.35. The molecule has 1 fully saturated rings. The van der Waals surface area contributed by atoms with Crippen LogP contribution in [0.15, 0.2) is 48.8 Å². The molecule has 0 saturated carbocycles. The SMILES string of the molecule is O=C(c1cc(-c2ccccc2)n[nH]1)N1CC[C@H](n2ccnn2)C1. The number of hydrogen-bond donors (Lipinski definition) is 1. The molecule has 0 bridgehead atoms. The van der Waals surface area contributed by atoms with E-state index < -0.39 is 0 Å². The third-order valence-corrected chi connectivity index (χ3v) is 4.14. The third-order valence-electron chi connectivity index (χ3n) is 4.14. The average Bonchev–Trinajstić information content (AvgIpc) is 3.35. The molecule has 2 aromatic heterocycles. The Bertz CT molecular complexity index is 795. The van der Waals surface area contributed by atoms with Gasteiger partial charge in [-0.15, -0.1) is 5.10 Å². The smallest absolute Gasteiger partial charge is 0.271 e. The molecular formula is C16H16N6O. The third kappa shape index (κ3) is 2.61. The second-order valence-electron chi connectivity index (χ2n) is 5.61. The van der Waals surface area contributed by atoms with E-state index in [1.165, 1.54) is 0 Å². The second kappa shape index (κ2) is 5.68. The second-order valence-corrected chi connectivity index (χ2v) is 5.61. The molecular weight excluding hydrogens is 292 g/mol. The first-order chi connectivity index (χ1) is 11.3. The highest BCUT2D eigenvalue weighted by atomic mass is 16.2. The quantitative estimate of drug-likeness (QED) is 0.799. The monoisotopic (exact) mass is 308 g/mol. The molecule has 1 saturated heterocycles. The Hall–Kier alpha value is -2.96. The van der Waals surface area contributed by atoms with E-state index in [9.17, 15) is 4.79 Å². The average molecular weight is 308 g/mol. The van der Waals surface area contributed by atoms with Crippen LogP contribution in [0, 0.1) is 0 Å². The van der Waals surface area contributed by atoms with Crippen LogP contribution in [0.25, 0.3) is 11.3 Å². The topological polar surface area (TPSA) is 79.7 Å². The number of carbonyl (C=O) groups excluding carboxylic acids is 1. The van der Waals surface area contributed by atoms with Gasteiger partial charge in [0.1, 0.15) is 5.69 Å². The zero-order valence-corrected chi connectivity index (χ0v) is 12.5. The van der Waals surface area contributed by atoms with E-state index in [2.05, 4.69) is 20.5 Å². The Morgan fingerprint density at radius 1 is 1.26 bits per heavy atom. The van der Waals surface area contributed by atoms with Crippen LogP contribution in [0.5, 0.6) is 0 Å². The van der Waals surface area contributed by atoms with Crippen molar-refractivity contribution in [2.75, 3.05) is 13.1 Å². The zero-order chi connectivity index (χ0) is 15.6. The molecule has 1 aliphatic heterocycles. The van der Waals surface area contributed by atoms with Gasteiger partial charge in [-0.2, -0.15) is 5.10 Å². The number of hydrogen-bond acceptors (Lipinski definition) is 4. The minimum Gasteiger partial charge on any atom is -0.335 e. The molecule has 116 valence electrons. The summed E-state index contributed by atoms with van der Waals surface area (Å²) in [6, 6.07) is 11.8. The number of aromatic nitrogens is 5. The van der Waals surface area contributed by atoms with Crippen molar-refractivity contribution in [3.63, 3.8) is 0 Å². The van der Waals surface area contributed by atoms with Gasteiger partial charge in [-0.1, -0.05) is 35.5 Å². The summed E-state index contributed by atoms with van der Waals surface area (Å²) in [5.41, 5.74) is 2.29. The molecule has 0 unspecified atom stereocenters. The zero-order valence-electron chi connectivity index (χ0n) is 12.5. The van der Waals surface area contributed by atoms with E-state index in [0.717, 1.165) is 17.7 Å². The number of amides is 1. The number of likely N-dealkylation sites (tertiary alicyclic amines) is 1. The van der Waals surface area contributed by atoms with Gasteiger partial charge in [0, 0.05) is 24.8 Å². The van der Waals surface area contributed by atoms with Crippen LogP contribution in [-0.4, -0.2) is 49.1 Å². The summed E-state index contributed by atoms with van der Waals surface area (Å²) in [5, 5.41) is 14.9. The molecule has 0 radical (unpaired) electrons. The minimum atomic E-state index is -0.0257. The van der Waals surface area contributed by atoms with E-state index >= 15 is 0 Å². The highest BCUT2D eigenvalue weighted by Gasteiger charge is 2.29. The number of aromatic amines is 1. The van der Waals surface area contributed by atoms with Gasteiger partial charge in [-0.3, -0.25) is 9.89 Å². The van der Waals surface area contributed by atoms with Crippen LogP contribution in [0.3, 0.4) is 0 Å². The molecule has 3 aromatic rings. The minimum absolute atomic E-state index is 0.0257. The molecule has 4 rings (SSSR count). The van der Waals surface area contributed by atoms with Crippen LogP contribution in [0.2, 0.25) is 0 Å². The Balaban J connectivity index is 1.49. The molecule has 7 nitrogen and oxygen atoms in total. The maximum Gasteiger partial charge on any atom is 0.271 e. The summed E-state index contributed by atoms with van der Waals surface area (Å²) >= 11 is 0. The van der Waals surface area contributed by atoms with Crippen molar-refractivity contribution in [1.82, 2.24) is 30.1 Å². The predicted octanol–water partition coefficient (Wildman–Crippen LogP) is 1.76. The number of rotatable bonds is 3. The molecule has 3 heterocycles. The Morgan fingerprint density at radius 3 is 2.91 bits per heavy atom. The van der Waals surface area contributed by atoms with E-state index in [0.29, 0.717) is 18.8 Å². The molecule has 1 aromatic carbocycles. The van der Waals surface area contributed by atoms with Crippen molar-refractivity contribution < 1.29 is 4.79 Å². The molecule has 0 spiro atoms. The normalized spacial score (nSPS) is 17.6. The van der Waals surface area contributed by atoms with Crippen LogP contribution in [-0.2, 0) is 0 Å². The highest BCUT2D eigenvalue weighted by molar-refractivity contribution is 5.93. The van der Waals surface area contributed by atoms with Crippen molar-refractivity contribution >= 4 is 5.91 Å². The van der Waals surface area contributed by atoms with Gasteiger partial charge in [0.25, 0.3) is 5.91 Å². The largest absolute Gasteiger partial charge is 0.335 e. The predicted molar refractivity (Wildman–Crippen MR) is 83.6 cm³/mol. The van der Waals surface area contributed by atoms with Crippen molar-refractivity contribution in [1.29, 1.82) is 0 Å². The first-order valence-corrected chi connectivity index (χ1v) is 7.57. The van der Waals surface area contributed by atoms with Gasteiger partial charge in [0.2, 0.25) is 0 Å². The fourth-order valence-electron chi connectivity index (χ4n) is 2.91. The number of nitrogens with one attached hydrogen (secondary N) is 1. The van der Waals surface area contributed by atoms with Crippen LogP contribution >= 0.6 is 0 Å². The summed E-state index contributed by atoms with van der Waals surface area (Å²) in [7, 11) is 0. The fourth-order valence-corrected chi connectivity index (χ4v) is 2.91. The lowest BCUT2D eigenvalue weighted by atomic mass is 10.1. The first-order valence-electron chi connectivity index (χ1n) is 7.57. The standard InChI is InChI=1S/C16H16N6O/c23-16(21-8-6-13(11-21)22-9-7-17-20-22)15-10-14(18-19-15)12-4-2-1-3-5-12/h1-5,7,9-10,13H,6,8,11H2,(H,18,19)/t13-/m0/s1. The van der Waals surface area contributed by atoms with E-state index in [-0.39, 0.29) is 11.9 Å². The summed E-state index contributed by atoms with van der Waals surface area (Å²) < 4.78 is 1.82. The summed E-state index contributed by atoms with van der Waals surface area (Å²) in [6.07, 6.45) is 4.38. The molecule has 7 heteroatoms. The molecule has 1 atom stereocenters. The van der Waals surface area contributed by atoms with Crippen molar-refractivity contribution in [3.05, 3.63) is 54.5 Å². The van der Waals surface area contributed by atoms with Gasteiger partial charge in [0.15, 0.2) is 0 Å². The van der Waals surface area contributed by atoms with Crippen LogP contribution in [0.1, 0.15) is 23.0 Å². The lowest BCUT2D eigenvalue weighted by molar-refractivity contribution is 0.0781. The number of nitrogens with zero attached hydrogens (tertiary/aromatic N) is 5. The number of benzene rings is 1. The Labute approximate surface area is 132 Å². The van der Waals surface area contributed by atoms with Crippen LogP contribution in [0.4, 0.5) is 0 Å². The van der Waals surface area contributed by atoms with Crippen molar-refractivity contribution in [2.24, 2.45) is 0 Å². The Morgan fingerprint density at radius 2 is 2.13 bits per heavy atom. The summed E-state index contributed by atoms with van der Waals surface area (Å²) in [5.74, 6) is -0.0257. The first kappa shape index (κ1) is 13.7. The fraction of sp³-hybridized carbons (Fsp3) is 0.250. The highest BCUT2D eigenvalue weighted by Crippen LogP contribution is 2.23. The lowest BCUT2D eigenvalue weighted by Gasteiger charge is -2.15. The Kier molecular flexibility index (Phi) is 3.38. The molecule has 0 aliphatic carbocycles. The van der Waals surface area contributed by atoms with Gasteiger partial charge in [-0.05, 0) is 12.5 Å². The maximum absolute atomic E-state index is 12.6. The summed E-state index contributed by atoms with van der Waals surface area (Å²) in [4.78, 5) is 14.4. The van der Waals surface area contributed by atoms with Crippen LogP contribution < -0.4 is 0 Å². The molecule has 1 N–H and O–H groups in total. The van der Waals surface area contributed by atoms with Crippen molar-refractivity contribution in [3.8, 4) is 11.3 Å². The lowest BCUT2D eigenvalue weighted by Crippen LogP contribution is -2.29. The van der Waals surface area contributed by atoms with E-state index in [4.69, 9.17) is 0 Å². The number of H-pyrrole nitrogens is 1. The van der Waals surface area contributed by atoms with Gasteiger partial charge >= 0.3 is 0 Å². The molecule has 23 heavy (non-hydrogen) atoms. The van der Waals surface area contributed by atoms with Gasteiger partial charge in [0.05, 0.1) is 17.9 Å². The van der Waals surface area contributed by atoms with E-state index in [1.54, 1.807) is 12.3 Å². The van der Waals surface area contributed by atoms with E-state index in [1.807, 2.05) is 46.1 Å².